The van der Waals surface area contributed by atoms with E-state index in [-0.39, 0.29) is 17.6 Å². The molecule has 1 aromatic rings. The first-order chi connectivity index (χ1) is 8.61. The van der Waals surface area contributed by atoms with Crippen molar-refractivity contribution in [2.45, 2.75) is 30.6 Å². The van der Waals surface area contributed by atoms with Crippen LogP contribution >= 0.6 is 23.4 Å². The summed E-state index contributed by atoms with van der Waals surface area (Å²) in [6, 6.07) is 3.38. The van der Waals surface area contributed by atoms with Crippen LogP contribution in [0.15, 0.2) is 12.1 Å². The van der Waals surface area contributed by atoms with Crippen LogP contribution in [0.3, 0.4) is 0 Å². The van der Waals surface area contributed by atoms with Crippen LogP contribution in [0, 0.1) is 0 Å². The van der Waals surface area contributed by atoms with Crippen LogP contribution in [0.1, 0.15) is 29.8 Å². The normalized spacial score (nSPS) is 23.0. The summed E-state index contributed by atoms with van der Waals surface area (Å²) in [5.41, 5.74) is 5.78. The Morgan fingerprint density at radius 1 is 1.56 bits per heavy atom. The van der Waals surface area contributed by atoms with E-state index in [9.17, 15) is 4.79 Å². The number of hydrogen-bond acceptors (Lipinski definition) is 4. The average molecular weight is 286 g/mol. The van der Waals surface area contributed by atoms with Crippen LogP contribution in [0.5, 0.6) is 0 Å². The van der Waals surface area contributed by atoms with Crippen molar-refractivity contribution in [2.24, 2.45) is 0 Å². The fourth-order valence-electron chi connectivity index (χ4n) is 2.23. The molecule has 1 fully saturated rings. The van der Waals surface area contributed by atoms with Crippen LogP contribution in [-0.4, -0.2) is 28.4 Å². The molecule has 0 radical (unpaired) electrons. The second kappa shape index (κ2) is 5.80. The van der Waals surface area contributed by atoms with Gasteiger partial charge in [0.05, 0.1) is 5.02 Å². The molecule has 98 valence electrons. The third kappa shape index (κ3) is 2.90. The zero-order valence-electron chi connectivity index (χ0n) is 10.1. The smallest absolute Gasteiger partial charge is 0.271 e. The summed E-state index contributed by atoms with van der Waals surface area (Å²) >= 11 is 7.75. The Balaban J connectivity index is 2.09. The van der Waals surface area contributed by atoms with Crippen molar-refractivity contribution in [2.75, 3.05) is 12.0 Å². The molecule has 0 spiro atoms. The summed E-state index contributed by atoms with van der Waals surface area (Å²) < 4.78 is 0. The maximum absolute atomic E-state index is 12.1. The van der Waals surface area contributed by atoms with Crippen LogP contribution in [-0.2, 0) is 0 Å². The monoisotopic (exact) mass is 285 g/mol. The minimum Gasteiger partial charge on any atom is -0.384 e. The van der Waals surface area contributed by atoms with Gasteiger partial charge in [-0.2, -0.15) is 11.8 Å². The van der Waals surface area contributed by atoms with E-state index in [2.05, 4.69) is 16.6 Å². The Morgan fingerprint density at radius 3 is 3.06 bits per heavy atom. The minimum atomic E-state index is -0.238. The second-order valence-electron chi connectivity index (χ2n) is 4.35. The number of thioether (sulfide) groups is 1. The summed E-state index contributed by atoms with van der Waals surface area (Å²) in [6.45, 7) is 0. The lowest BCUT2D eigenvalue weighted by molar-refractivity contribution is 0.0934. The maximum atomic E-state index is 12.1. The first-order valence-electron chi connectivity index (χ1n) is 5.87. The van der Waals surface area contributed by atoms with Crippen molar-refractivity contribution >= 4 is 35.1 Å². The topological polar surface area (TPSA) is 68.0 Å². The molecule has 4 nitrogen and oxygen atoms in total. The molecule has 2 unspecified atom stereocenters. The third-order valence-electron chi connectivity index (χ3n) is 3.15. The van der Waals surface area contributed by atoms with Crippen molar-refractivity contribution in [3.63, 3.8) is 0 Å². The molecule has 0 aromatic carbocycles. The molecule has 1 aromatic heterocycles. The SMILES string of the molecule is CSC1CCCC1NC(=O)c1nc(N)ccc1Cl. The number of carbonyl (C=O) groups is 1. The van der Waals surface area contributed by atoms with Crippen LogP contribution < -0.4 is 11.1 Å². The predicted octanol–water partition coefficient (Wildman–Crippen LogP) is 2.33. The predicted molar refractivity (Wildman–Crippen MR) is 76.1 cm³/mol. The Labute approximate surface area is 116 Å². The molecule has 0 saturated heterocycles. The van der Waals surface area contributed by atoms with Crippen LogP contribution in [0.4, 0.5) is 5.82 Å². The Hall–Kier alpha value is -0.940. The molecule has 18 heavy (non-hydrogen) atoms. The van der Waals surface area contributed by atoms with Gasteiger partial charge in [0.15, 0.2) is 0 Å². The molecule has 0 bridgehead atoms. The fourth-order valence-corrected chi connectivity index (χ4v) is 3.35. The zero-order valence-corrected chi connectivity index (χ0v) is 11.7. The third-order valence-corrected chi connectivity index (χ3v) is 4.63. The second-order valence-corrected chi connectivity index (χ2v) is 5.84. The number of carbonyl (C=O) groups excluding carboxylic acids is 1. The largest absolute Gasteiger partial charge is 0.384 e. The van der Waals surface area contributed by atoms with Gasteiger partial charge >= 0.3 is 0 Å². The molecule has 2 atom stereocenters. The summed E-state index contributed by atoms with van der Waals surface area (Å²) in [7, 11) is 0. The molecule has 1 amide bonds. The Morgan fingerprint density at radius 2 is 2.33 bits per heavy atom. The highest BCUT2D eigenvalue weighted by Crippen LogP contribution is 2.28. The van der Waals surface area contributed by atoms with E-state index in [1.807, 2.05) is 0 Å². The van der Waals surface area contributed by atoms with Crippen molar-refractivity contribution < 1.29 is 4.79 Å². The first-order valence-corrected chi connectivity index (χ1v) is 7.54. The van der Waals surface area contributed by atoms with E-state index in [0.717, 1.165) is 19.3 Å². The molecule has 3 N–H and O–H groups in total. The number of nitrogens with one attached hydrogen (secondary N) is 1. The van der Waals surface area contributed by atoms with Crippen LogP contribution in [0.2, 0.25) is 5.02 Å². The number of nitrogens with two attached hydrogens (primary N) is 1. The summed E-state index contributed by atoms with van der Waals surface area (Å²) in [4.78, 5) is 16.1. The van der Waals surface area contributed by atoms with Gasteiger partial charge in [0.1, 0.15) is 11.5 Å². The lowest BCUT2D eigenvalue weighted by Gasteiger charge is -2.19. The number of halogens is 1. The Bertz CT molecular complexity index is 455. The standard InChI is InChI=1S/C12H16ClN3OS/c1-18-9-4-2-3-8(9)15-12(17)11-7(13)5-6-10(14)16-11/h5-6,8-9H,2-4H2,1H3,(H2,14,16)(H,15,17). The maximum Gasteiger partial charge on any atom is 0.271 e. The first kappa shape index (κ1) is 13.5. The molecule has 1 saturated carbocycles. The highest BCUT2D eigenvalue weighted by molar-refractivity contribution is 7.99. The number of rotatable bonds is 3. The molecule has 1 aliphatic carbocycles. The van der Waals surface area contributed by atoms with E-state index in [4.69, 9.17) is 17.3 Å². The van der Waals surface area contributed by atoms with Gasteiger partial charge < -0.3 is 11.1 Å². The molecular formula is C12H16ClN3OS. The van der Waals surface area contributed by atoms with Crippen LogP contribution in [0.25, 0.3) is 0 Å². The number of aromatic nitrogens is 1. The quantitative estimate of drug-likeness (QED) is 0.894. The highest BCUT2D eigenvalue weighted by atomic mass is 35.5. The number of anilines is 1. The lowest BCUT2D eigenvalue weighted by atomic mass is 10.2. The lowest BCUT2D eigenvalue weighted by Crippen LogP contribution is -2.39. The van der Waals surface area contributed by atoms with Gasteiger partial charge in [0.2, 0.25) is 0 Å². The van der Waals surface area contributed by atoms with E-state index >= 15 is 0 Å². The van der Waals surface area contributed by atoms with E-state index in [0.29, 0.717) is 16.1 Å². The van der Waals surface area contributed by atoms with Crippen molar-refractivity contribution in [3.05, 3.63) is 22.8 Å². The summed E-state index contributed by atoms with van der Waals surface area (Å²) in [6.07, 6.45) is 5.37. The molecule has 1 heterocycles. The van der Waals surface area contributed by atoms with Gasteiger partial charge in [0.25, 0.3) is 5.91 Å². The fraction of sp³-hybridized carbons (Fsp3) is 0.500. The van der Waals surface area contributed by atoms with Gasteiger partial charge in [-0.05, 0) is 31.2 Å². The number of hydrogen-bond donors (Lipinski definition) is 2. The van der Waals surface area contributed by atoms with E-state index in [1.165, 1.54) is 0 Å². The summed E-state index contributed by atoms with van der Waals surface area (Å²) in [5.74, 6) is 0.0654. The van der Waals surface area contributed by atoms with Gasteiger partial charge in [-0.3, -0.25) is 4.79 Å². The molecule has 1 aliphatic rings. The van der Waals surface area contributed by atoms with E-state index in [1.54, 1.807) is 23.9 Å². The molecule has 6 heteroatoms. The van der Waals surface area contributed by atoms with Gasteiger partial charge in [-0.25, -0.2) is 4.98 Å². The minimum absolute atomic E-state index is 0.201. The van der Waals surface area contributed by atoms with Crippen molar-refractivity contribution in [3.8, 4) is 0 Å². The van der Waals surface area contributed by atoms with Crippen molar-refractivity contribution in [1.29, 1.82) is 0 Å². The molecular weight excluding hydrogens is 270 g/mol. The highest BCUT2D eigenvalue weighted by Gasteiger charge is 2.28. The average Bonchev–Trinajstić information content (AvgIpc) is 2.79. The van der Waals surface area contributed by atoms with E-state index < -0.39 is 0 Å². The van der Waals surface area contributed by atoms with Gasteiger partial charge in [0, 0.05) is 11.3 Å². The zero-order chi connectivity index (χ0) is 13.1. The molecule has 0 aliphatic heterocycles. The number of amides is 1. The van der Waals surface area contributed by atoms with Gasteiger partial charge in [-0.15, -0.1) is 0 Å². The van der Waals surface area contributed by atoms with Crippen molar-refractivity contribution in [1.82, 2.24) is 10.3 Å². The van der Waals surface area contributed by atoms with Gasteiger partial charge in [-0.1, -0.05) is 18.0 Å². The molecule has 2 rings (SSSR count). The number of nitrogens with zero attached hydrogens (tertiary/aromatic N) is 1. The summed E-state index contributed by atoms with van der Waals surface area (Å²) in [5, 5.41) is 3.82. The Kier molecular flexibility index (Phi) is 4.35. The number of pyridine rings is 1. The number of nitrogen functional groups attached to an aromatic ring is 1.